The molecule has 2 fully saturated rings. The van der Waals surface area contributed by atoms with Crippen molar-refractivity contribution in [3.8, 4) is 5.75 Å². The molecule has 0 N–H and O–H groups in total. The molecule has 0 spiro atoms. The van der Waals surface area contributed by atoms with Crippen molar-refractivity contribution >= 4 is 12.0 Å². The first-order valence-corrected chi connectivity index (χ1v) is 11.8. The maximum atomic E-state index is 14.3. The summed E-state index contributed by atoms with van der Waals surface area (Å²) in [5.74, 6) is 2.09. The van der Waals surface area contributed by atoms with Crippen LogP contribution in [-0.4, -0.2) is 20.2 Å². The fourth-order valence-corrected chi connectivity index (χ4v) is 5.04. The SMILES string of the molecule is COC(=O)CC(c1cccc(/C=C/C2CCC(c3cc(OC)ccc3F)CC2)c1)C1CC1. The Labute approximate surface area is 190 Å². The van der Waals surface area contributed by atoms with Crippen molar-refractivity contribution in [3.05, 3.63) is 71.0 Å². The Morgan fingerprint density at radius 1 is 1.06 bits per heavy atom. The number of esters is 1. The summed E-state index contributed by atoms with van der Waals surface area (Å²) in [6.45, 7) is 0. The third-order valence-electron chi connectivity index (χ3n) is 7.12. The summed E-state index contributed by atoms with van der Waals surface area (Å²) in [4.78, 5) is 11.9. The zero-order chi connectivity index (χ0) is 22.5. The first kappa shape index (κ1) is 22.6. The lowest BCUT2D eigenvalue weighted by Crippen LogP contribution is -2.13. The predicted molar refractivity (Wildman–Crippen MR) is 125 cm³/mol. The van der Waals surface area contributed by atoms with E-state index in [1.165, 1.54) is 37.1 Å². The van der Waals surface area contributed by atoms with Crippen molar-refractivity contribution in [1.82, 2.24) is 0 Å². The van der Waals surface area contributed by atoms with Gasteiger partial charge in [-0.25, -0.2) is 4.39 Å². The minimum Gasteiger partial charge on any atom is -0.497 e. The molecule has 0 saturated heterocycles. The zero-order valence-electron chi connectivity index (χ0n) is 19.1. The van der Waals surface area contributed by atoms with E-state index in [-0.39, 0.29) is 23.6 Å². The van der Waals surface area contributed by atoms with Crippen molar-refractivity contribution in [2.24, 2.45) is 11.8 Å². The lowest BCUT2D eigenvalue weighted by atomic mass is 9.78. The molecule has 0 radical (unpaired) electrons. The Kier molecular flexibility index (Phi) is 7.29. The van der Waals surface area contributed by atoms with E-state index in [1.54, 1.807) is 13.2 Å². The van der Waals surface area contributed by atoms with Crippen molar-refractivity contribution in [2.45, 2.75) is 56.8 Å². The molecule has 0 aromatic heterocycles. The first-order chi connectivity index (χ1) is 15.6. The Balaban J connectivity index is 1.37. The van der Waals surface area contributed by atoms with Gasteiger partial charge in [0.05, 0.1) is 20.6 Å². The van der Waals surface area contributed by atoms with Gasteiger partial charge in [0.2, 0.25) is 0 Å². The van der Waals surface area contributed by atoms with Crippen LogP contribution in [0.25, 0.3) is 6.08 Å². The van der Waals surface area contributed by atoms with Gasteiger partial charge in [-0.1, -0.05) is 36.4 Å². The molecule has 2 aliphatic carbocycles. The van der Waals surface area contributed by atoms with Gasteiger partial charge in [-0.05, 0) is 97.1 Å². The lowest BCUT2D eigenvalue weighted by Gasteiger charge is -2.27. The van der Waals surface area contributed by atoms with Gasteiger partial charge in [-0.2, -0.15) is 0 Å². The zero-order valence-corrected chi connectivity index (χ0v) is 19.1. The van der Waals surface area contributed by atoms with Crippen molar-refractivity contribution < 1.29 is 18.7 Å². The Morgan fingerprint density at radius 3 is 2.53 bits per heavy atom. The van der Waals surface area contributed by atoms with Crippen LogP contribution in [0.5, 0.6) is 5.75 Å². The smallest absolute Gasteiger partial charge is 0.306 e. The molecule has 2 aromatic rings. The summed E-state index contributed by atoms with van der Waals surface area (Å²) in [6.07, 6.45) is 11.5. The minimum absolute atomic E-state index is 0.126. The fraction of sp³-hybridized carbons (Fsp3) is 0.464. The quantitative estimate of drug-likeness (QED) is 0.423. The lowest BCUT2D eigenvalue weighted by molar-refractivity contribution is -0.141. The van der Waals surface area contributed by atoms with Gasteiger partial charge in [0, 0.05) is 0 Å². The van der Waals surface area contributed by atoms with Crippen LogP contribution in [0.2, 0.25) is 0 Å². The maximum absolute atomic E-state index is 14.3. The van der Waals surface area contributed by atoms with Crippen LogP contribution in [-0.2, 0) is 9.53 Å². The molecular formula is C28H33FO3. The monoisotopic (exact) mass is 436 g/mol. The molecule has 4 heteroatoms. The first-order valence-electron chi connectivity index (χ1n) is 11.8. The maximum Gasteiger partial charge on any atom is 0.306 e. The normalized spacial score (nSPS) is 22.0. The van der Waals surface area contributed by atoms with E-state index < -0.39 is 0 Å². The summed E-state index contributed by atoms with van der Waals surface area (Å²) in [5.41, 5.74) is 3.20. The molecule has 0 amide bonds. The second-order valence-corrected chi connectivity index (χ2v) is 9.25. The van der Waals surface area contributed by atoms with Gasteiger partial charge in [-0.15, -0.1) is 0 Å². The third-order valence-corrected chi connectivity index (χ3v) is 7.12. The molecule has 170 valence electrons. The number of hydrogen-bond acceptors (Lipinski definition) is 3. The summed E-state index contributed by atoms with van der Waals surface area (Å²) in [6, 6.07) is 13.6. The average Bonchev–Trinajstić information content (AvgIpc) is 3.67. The number of rotatable bonds is 8. The molecule has 4 rings (SSSR count). The molecule has 1 unspecified atom stereocenters. The standard InChI is InChI=1S/C28H33FO3/c1-31-24-14-15-27(29)26(17-24)22-10-8-19(9-11-22)6-7-20-4-3-5-23(16-20)25(21-12-13-21)18-28(30)32-2/h3-7,14-17,19,21-22,25H,8-13,18H2,1-2H3/b7-6+. The predicted octanol–water partition coefficient (Wildman–Crippen LogP) is 6.88. The number of methoxy groups -OCH3 is 2. The fourth-order valence-electron chi connectivity index (χ4n) is 5.04. The van der Waals surface area contributed by atoms with Crippen molar-refractivity contribution in [3.63, 3.8) is 0 Å². The average molecular weight is 437 g/mol. The number of carbonyl (C=O) groups excluding carboxylic acids is 1. The number of ether oxygens (including phenoxy) is 2. The molecule has 2 aliphatic rings. The highest BCUT2D eigenvalue weighted by molar-refractivity contribution is 5.70. The van der Waals surface area contributed by atoms with E-state index in [2.05, 4.69) is 36.4 Å². The van der Waals surface area contributed by atoms with Gasteiger partial charge in [-0.3, -0.25) is 4.79 Å². The second kappa shape index (κ2) is 10.3. The van der Waals surface area contributed by atoms with Crippen molar-refractivity contribution in [2.75, 3.05) is 14.2 Å². The summed E-state index contributed by atoms with van der Waals surface area (Å²) >= 11 is 0. The minimum atomic E-state index is -0.132. The summed E-state index contributed by atoms with van der Waals surface area (Å²) in [5, 5.41) is 0. The van der Waals surface area contributed by atoms with Gasteiger partial charge in [0.15, 0.2) is 0 Å². The van der Waals surface area contributed by atoms with Crippen molar-refractivity contribution in [1.29, 1.82) is 0 Å². The molecule has 0 heterocycles. The second-order valence-electron chi connectivity index (χ2n) is 9.25. The van der Waals surface area contributed by atoms with E-state index in [0.717, 1.165) is 37.0 Å². The van der Waals surface area contributed by atoms with Crippen LogP contribution >= 0.6 is 0 Å². The van der Waals surface area contributed by atoms with Gasteiger partial charge in [0.25, 0.3) is 0 Å². The van der Waals surface area contributed by atoms with Gasteiger partial charge < -0.3 is 9.47 Å². The van der Waals surface area contributed by atoms with Gasteiger partial charge in [0.1, 0.15) is 11.6 Å². The Hall–Kier alpha value is -2.62. The highest BCUT2D eigenvalue weighted by atomic mass is 19.1. The highest BCUT2D eigenvalue weighted by Gasteiger charge is 2.34. The van der Waals surface area contributed by atoms with Crippen LogP contribution in [0.15, 0.2) is 48.5 Å². The molecule has 1 atom stereocenters. The van der Waals surface area contributed by atoms with Crippen LogP contribution in [0.1, 0.15) is 73.5 Å². The number of hydrogen-bond donors (Lipinski definition) is 0. The van der Waals surface area contributed by atoms with Crippen LogP contribution < -0.4 is 4.74 Å². The van der Waals surface area contributed by atoms with Crippen LogP contribution in [0, 0.1) is 17.7 Å². The van der Waals surface area contributed by atoms with E-state index in [4.69, 9.17) is 9.47 Å². The molecule has 3 nitrogen and oxygen atoms in total. The molecule has 32 heavy (non-hydrogen) atoms. The van der Waals surface area contributed by atoms with E-state index in [1.807, 2.05) is 6.07 Å². The number of halogens is 1. The molecule has 0 bridgehead atoms. The molecular weight excluding hydrogens is 403 g/mol. The third kappa shape index (κ3) is 5.59. The Morgan fingerprint density at radius 2 is 1.84 bits per heavy atom. The van der Waals surface area contributed by atoms with Crippen LogP contribution in [0.3, 0.4) is 0 Å². The molecule has 0 aliphatic heterocycles. The molecule has 2 aromatic carbocycles. The highest BCUT2D eigenvalue weighted by Crippen LogP contribution is 2.45. The van der Waals surface area contributed by atoms with Gasteiger partial charge >= 0.3 is 5.97 Å². The summed E-state index contributed by atoms with van der Waals surface area (Å²) in [7, 11) is 3.08. The van der Waals surface area contributed by atoms with E-state index >= 15 is 0 Å². The van der Waals surface area contributed by atoms with Crippen LogP contribution in [0.4, 0.5) is 4.39 Å². The number of allylic oxidation sites excluding steroid dienone is 1. The number of carbonyl (C=O) groups is 1. The topological polar surface area (TPSA) is 35.5 Å². The molecule has 2 saturated carbocycles. The van der Waals surface area contributed by atoms with E-state index in [0.29, 0.717) is 18.3 Å². The largest absolute Gasteiger partial charge is 0.497 e. The summed E-state index contributed by atoms with van der Waals surface area (Å²) < 4.78 is 24.5. The van der Waals surface area contributed by atoms with E-state index in [9.17, 15) is 9.18 Å². The number of benzene rings is 2. The Bertz CT molecular complexity index is 955.